The van der Waals surface area contributed by atoms with Crippen LogP contribution in [0.15, 0.2) is 55.1 Å². The third-order valence-electron chi connectivity index (χ3n) is 6.65. The zero-order chi connectivity index (χ0) is 21.7. The van der Waals surface area contributed by atoms with Gasteiger partial charge in [0.2, 0.25) is 0 Å². The van der Waals surface area contributed by atoms with Crippen LogP contribution in [0.3, 0.4) is 0 Å². The molecular weight excluding hydrogens is 407 g/mol. The second-order valence-corrected chi connectivity index (χ2v) is 8.45. The van der Waals surface area contributed by atoms with Crippen LogP contribution in [0.4, 0.5) is 10.2 Å². The average Bonchev–Trinajstić information content (AvgIpc) is 3.33. The van der Waals surface area contributed by atoms with Crippen LogP contribution in [0.2, 0.25) is 0 Å². The monoisotopic (exact) mass is 430 g/mol. The smallest absolute Gasteiger partial charge is 0.141 e. The van der Waals surface area contributed by atoms with Crippen molar-refractivity contribution in [1.29, 1.82) is 0 Å². The summed E-state index contributed by atoms with van der Waals surface area (Å²) in [5.74, 6) is 1.49. The fraction of sp³-hybridized carbons (Fsp3) is 0.292. The predicted molar refractivity (Wildman–Crippen MR) is 120 cm³/mol. The van der Waals surface area contributed by atoms with Crippen LogP contribution in [-0.4, -0.2) is 57.1 Å². The molecule has 4 aromatic rings. The van der Waals surface area contributed by atoms with Gasteiger partial charge in [-0.25, -0.2) is 19.3 Å². The van der Waals surface area contributed by atoms with Gasteiger partial charge in [0.05, 0.1) is 12.8 Å². The topological polar surface area (TPSA) is 70.2 Å². The second-order valence-electron chi connectivity index (χ2n) is 8.45. The van der Waals surface area contributed by atoms with Crippen LogP contribution < -0.4 is 9.64 Å². The number of fused-ring (bicyclic) bond motifs is 3. The van der Waals surface area contributed by atoms with Crippen molar-refractivity contribution in [2.45, 2.75) is 25.0 Å². The number of halogens is 1. The highest BCUT2D eigenvalue weighted by atomic mass is 19.1. The fourth-order valence-electron chi connectivity index (χ4n) is 4.94. The minimum atomic E-state index is -0.175. The highest BCUT2D eigenvalue weighted by Gasteiger charge is 2.44. The van der Waals surface area contributed by atoms with Gasteiger partial charge in [0.1, 0.15) is 29.4 Å². The molecular formula is C24H23FN6O. The van der Waals surface area contributed by atoms with Gasteiger partial charge in [-0.3, -0.25) is 4.90 Å². The largest absolute Gasteiger partial charge is 0.497 e. The first-order valence-electron chi connectivity index (χ1n) is 10.8. The van der Waals surface area contributed by atoms with Crippen molar-refractivity contribution in [1.82, 2.24) is 24.8 Å². The lowest BCUT2D eigenvalue weighted by Crippen LogP contribution is -2.68. The lowest BCUT2D eigenvalue weighted by atomic mass is 9.86. The predicted octanol–water partition coefficient (Wildman–Crippen LogP) is 3.63. The number of hydrogen-bond donors (Lipinski definition) is 1. The van der Waals surface area contributed by atoms with Gasteiger partial charge in [0.15, 0.2) is 0 Å². The van der Waals surface area contributed by atoms with Gasteiger partial charge in [0, 0.05) is 60.6 Å². The average molecular weight is 430 g/mol. The number of aromatic amines is 1. The Morgan fingerprint density at radius 1 is 1.09 bits per heavy atom. The van der Waals surface area contributed by atoms with E-state index in [1.165, 1.54) is 6.07 Å². The number of piperazine rings is 1. The lowest BCUT2D eigenvalue weighted by Gasteiger charge is -2.56. The van der Waals surface area contributed by atoms with Crippen molar-refractivity contribution in [3.8, 4) is 17.0 Å². The Balaban J connectivity index is 1.16. The van der Waals surface area contributed by atoms with Gasteiger partial charge < -0.3 is 14.6 Å². The molecule has 7 rings (SSSR count). The first kappa shape index (κ1) is 19.2. The summed E-state index contributed by atoms with van der Waals surface area (Å²) in [7, 11) is 1.61. The number of piperidine rings is 1. The summed E-state index contributed by atoms with van der Waals surface area (Å²) in [6.07, 6.45) is 6.47. The summed E-state index contributed by atoms with van der Waals surface area (Å²) in [6, 6.07) is 11.9. The third-order valence-corrected chi connectivity index (χ3v) is 6.65. The maximum Gasteiger partial charge on any atom is 0.141 e. The number of benzene rings is 1. The first-order chi connectivity index (χ1) is 15.7. The molecule has 2 unspecified atom stereocenters. The van der Waals surface area contributed by atoms with Crippen LogP contribution >= 0.6 is 0 Å². The van der Waals surface area contributed by atoms with Crippen LogP contribution in [0.1, 0.15) is 12.0 Å². The molecule has 3 aliphatic heterocycles. The Hall–Kier alpha value is -3.52. The fourth-order valence-corrected chi connectivity index (χ4v) is 4.94. The number of hydrogen-bond acceptors (Lipinski definition) is 6. The molecule has 3 saturated heterocycles. The number of ether oxygens (including phenoxy) is 1. The van der Waals surface area contributed by atoms with Crippen molar-refractivity contribution >= 4 is 16.9 Å². The van der Waals surface area contributed by atoms with Crippen molar-refractivity contribution in [2.24, 2.45) is 0 Å². The number of anilines is 1. The van der Waals surface area contributed by atoms with Crippen LogP contribution in [0.25, 0.3) is 22.3 Å². The quantitative estimate of drug-likeness (QED) is 0.521. The van der Waals surface area contributed by atoms with E-state index in [2.05, 4.69) is 36.9 Å². The number of nitrogens with one attached hydrogen (secondary N) is 1. The molecule has 3 aromatic heterocycles. The zero-order valence-corrected chi connectivity index (χ0v) is 17.7. The van der Waals surface area contributed by atoms with Crippen molar-refractivity contribution in [3.05, 3.63) is 66.5 Å². The summed E-state index contributed by atoms with van der Waals surface area (Å²) >= 11 is 0. The van der Waals surface area contributed by atoms with Crippen LogP contribution in [0.5, 0.6) is 5.75 Å². The SMILES string of the molecule is COc1ccc(F)c(CN2C3CC2CN(c2ccc(-c4ncnc5[nH]ccc45)cn2)C3)c1. The van der Waals surface area contributed by atoms with E-state index in [9.17, 15) is 4.39 Å². The summed E-state index contributed by atoms with van der Waals surface area (Å²) < 4.78 is 19.5. The van der Waals surface area contributed by atoms with E-state index in [4.69, 9.17) is 9.72 Å². The van der Waals surface area contributed by atoms with E-state index in [0.717, 1.165) is 47.6 Å². The third kappa shape index (κ3) is 3.18. The van der Waals surface area contributed by atoms with Crippen molar-refractivity contribution < 1.29 is 9.13 Å². The first-order valence-corrected chi connectivity index (χ1v) is 10.8. The van der Waals surface area contributed by atoms with Crippen molar-refractivity contribution in [3.63, 3.8) is 0 Å². The summed E-state index contributed by atoms with van der Waals surface area (Å²) in [5.41, 5.74) is 3.36. The number of nitrogens with zero attached hydrogens (tertiary/aromatic N) is 5. The van der Waals surface area contributed by atoms with Gasteiger partial charge in [-0.2, -0.15) is 0 Å². The van der Waals surface area contributed by atoms with E-state index in [-0.39, 0.29) is 5.82 Å². The molecule has 3 fully saturated rings. The highest BCUT2D eigenvalue weighted by molar-refractivity contribution is 5.90. The van der Waals surface area contributed by atoms with E-state index in [1.54, 1.807) is 25.6 Å². The Labute approximate surface area is 184 Å². The molecule has 32 heavy (non-hydrogen) atoms. The molecule has 0 radical (unpaired) electrons. The van der Waals surface area contributed by atoms with E-state index in [1.807, 2.05) is 18.5 Å². The maximum absolute atomic E-state index is 14.3. The number of pyridine rings is 1. The standard InChI is InChI=1S/C24H23FN6O/c1-32-19-3-4-21(25)16(8-19)11-31-17-9-18(31)13-30(12-17)22-5-2-15(10-27-22)23-20-6-7-26-24(20)29-14-28-23/h2-8,10,14,17-18H,9,11-13H2,1H3,(H,26,28,29). The molecule has 0 saturated carbocycles. The number of H-pyrrole nitrogens is 1. The molecule has 162 valence electrons. The number of rotatable bonds is 5. The maximum atomic E-state index is 14.3. The summed E-state index contributed by atoms with van der Waals surface area (Å²) in [4.78, 5) is 21.3. The molecule has 1 aromatic carbocycles. The molecule has 8 heteroatoms. The van der Waals surface area contributed by atoms with Gasteiger partial charge >= 0.3 is 0 Å². The molecule has 1 N–H and O–H groups in total. The van der Waals surface area contributed by atoms with E-state index < -0.39 is 0 Å². The minimum absolute atomic E-state index is 0.175. The van der Waals surface area contributed by atoms with Crippen molar-refractivity contribution in [2.75, 3.05) is 25.1 Å². The minimum Gasteiger partial charge on any atom is -0.497 e. The molecule has 2 bridgehead atoms. The zero-order valence-electron chi connectivity index (χ0n) is 17.7. The van der Waals surface area contributed by atoms with Gasteiger partial charge in [-0.15, -0.1) is 0 Å². The van der Waals surface area contributed by atoms with Gasteiger partial charge in [-0.1, -0.05) is 0 Å². The molecule has 0 aliphatic carbocycles. The van der Waals surface area contributed by atoms with E-state index in [0.29, 0.717) is 29.9 Å². The molecule has 7 nitrogen and oxygen atoms in total. The Bertz CT molecular complexity index is 1260. The summed E-state index contributed by atoms with van der Waals surface area (Å²) in [6.45, 7) is 2.40. The highest BCUT2D eigenvalue weighted by Crippen LogP contribution is 2.36. The molecule has 0 amide bonds. The molecule has 3 aliphatic rings. The van der Waals surface area contributed by atoms with Crippen LogP contribution in [-0.2, 0) is 6.54 Å². The second kappa shape index (κ2) is 7.56. The van der Waals surface area contributed by atoms with Crippen LogP contribution in [0, 0.1) is 5.82 Å². The molecule has 0 spiro atoms. The number of methoxy groups -OCH3 is 1. The van der Waals surface area contributed by atoms with Gasteiger partial charge in [-0.05, 0) is 42.8 Å². The van der Waals surface area contributed by atoms with E-state index >= 15 is 0 Å². The van der Waals surface area contributed by atoms with Gasteiger partial charge in [0.25, 0.3) is 0 Å². The summed E-state index contributed by atoms with van der Waals surface area (Å²) in [5, 5.41) is 0.988. The Morgan fingerprint density at radius 3 is 2.75 bits per heavy atom. The molecule has 2 atom stereocenters. The Morgan fingerprint density at radius 2 is 1.97 bits per heavy atom. The Kier molecular flexibility index (Phi) is 4.53. The molecule has 6 heterocycles. The lowest BCUT2D eigenvalue weighted by molar-refractivity contribution is -0.00950. The number of aromatic nitrogens is 4. The normalized spacial score (nSPS) is 20.4.